The van der Waals surface area contributed by atoms with Crippen molar-refractivity contribution >= 4 is 31.5 Å². The third kappa shape index (κ3) is 5.96. The number of Topliss-reactive ketones (excluding diaryl/α,β-unsaturated/α-hetero) is 1. The average molecular weight is 538 g/mol. The van der Waals surface area contributed by atoms with Crippen LogP contribution in [0.4, 0.5) is 5.69 Å². The van der Waals surface area contributed by atoms with Crippen LogP contribution in [-0.4, -0.2) is 89.4 Å². The van der Waals surface area contributed by atoms with Gasteiger partial charge in [-0.3, -0.25) is 4.79 Å². The molecule has 0 bridgehead atoms. The number of ketones is 1. The number of hydrogen-bond acceptors (Lipinski definition) is 8. The molecule has 4 rings (SSSR count). The molecule has 0 radical (unpaired) electrons. The molecule has 2 aromatic carbocycles. The van der Waals surface area contributed by atoms with Crippen LogP contribution in [0.5, 0.6) is 0 Å². The van der Waals surface area contributed by atoms with E-state index in [1.165, 1.54) is 32.9 Å². The van der Waals surface area contributed by atoms with Gasteiger partial charge in [0.2, 0.25) is 20.0 Å². The van der Waals surface area contributed by atoms with Crippen molar-refractivity contribution in [2.75, 3.05) is 51.3 Å². The molecule has 2 heterocycles. The zero-order valence-corrected chi connectivity index (χ0v) is 21.9. The Labute approximate surface area is 212 Å². The summed E-state index contributed by atoms with van der Waals surface area (Å²) in [5.74, 6) is -0.290. The minimum atomic E-state index is -3.71. The fourth-order valence-corrected chi connectivity index (χ4v) is 7.32. The first-order chi connectivity index (χ1) is 17.1. The highest BCUT2D eigenvalue weighted by Crippen LogP contribution is 2.23. The van der Waals surface area contributed by atoms with Gasteiger partial charge in [0.05, 0.1) is 41.8 Å². The third-order valence-corrected chi connectivity index (χ3v) is 9.84. The van der Waals surface area contributed by atoms with Crippen molar-refractivity contribution in [1.82, 2.24) is 8.61 Å². The number of anilines is 1. The summed E-state index contributed by atoms with van der Waals surface area (Å²) in [5.41, 5.74) is 0.842. The highest BCUT2D eigenvalue weighted by atomic mass is 32.2. The molecule has 0 aromatic heterocycles. The molecule has 2 atom stereocenters. The lowest BCUT2D eigenvalue weighted by molar-refractivity contribution is -0.0440. The van der Waals surface area contributed by atoms with Gasteiger partial charge in [-0.05, 0) is 50.2 Å². The van der Waals surface area contributed by atoms with E-state index in [4.69, 9.17) is 9.47 Å². The zero-order chi connectivity index (χ0) is 25.9. The Morgan fingerprint density at radius 3 is 2.14 bits per heavy atom. The molecule has 36 heavy (non-hydrogen) atoms. The van der Waals surface area contributed by atoms with Crippen molar-refractivity contribution in [3.8, 4) is 0 Å². The summed E-state index contributed by atoms with van der Waals surface area (Å²) in [6.07, 6.45) is -0.365. The van der Waals surface area contributed by atoms with Gasteiger partial charge in [-0.15, -0.1) is 0 Å². The first-order valence-corrected chi connectivity index (χ1v) is 14.7. The minimum Gasteiger partial charge on any atom is -0.379 e. The summed E-state index contributed by atoms with van der Waals surface area (Å²) in [5, 5.41) is 2.98. The van der Waals surface area contributed by atoms with Gasteiger partial charge < -0.3 is 14.8 Å². The average Bonchev–Trinajstić information content (AvgIpc) is 2.87. The first-order valence-electron chi connectivity index (χ1n) is 11.8. The van der Waals surface area contributed by atoms with E-state index in [0.29, 0.717) is 32.0 Å². The predicted octanol–water partition coefficient (Wildman–Crippen LogP) is 1.80. The number of rotatable bonds is 8. The quantitative estimate of drug-likeness (QED) is 0.506. The van der Waals surface area contributed by atoms with Crippen LogP contribution in [0.3, 0.4) is 0 Å². The number of carbonyl (C=O) groups excluding carboxylic acids is 1. The molecule has 0 saturated carbocycles. The summed E-state index contributed by atoms with van der Waals surface area (Å²) in [4.78, 5) is 13.0. The maximum atomic E-state index is 13.0. The van der Waals surface area contributed by atoms with Gasteiger partial charge in [0.25, 0.3) is 0 Å². The lowest BCUT2D eigenvalue weighted by atomic mass is 10.1. The standard InChI is InChI=1S/C24H31N3O7S2/c1-18-16-27(17-19(2)34-18)35(29,30)22-8-6-21(7-9-22)25-15-24(28)20-4-3-5-23(14-20)36(31,32)26-10-12-33-13-11-26/h3-9,14,18-19,25H,10-13,15-17H2,1-2H3. The van der Waals surface area contributed by atoms with Crippen molar-refractivity contribution in [1.29, 1.82) is 0 Å². The highest BCUT2D eigenvalue weighted by Gasteiger charge is 2.32. The first kappa shape index (κ1) is 26.7. The molecule has 1 N–H and O–H groups in total. The molecule has 2 unspecified atom stereocenters. The fourth-order valence-electron chi connectivity index (χ4n) is 4.27. The molecule has 196 valence electrons. The van der Waals surface area contributed by atoms with Crippen LogP contribution in [0, 0.1) is 0 Å². The lowest BCUT2D eigenvalue weighted by Crippen LogP contribution is -2.48. The summed E-state index contributed by atoms with van der Waals surface area (Å²) < 4.78 is 65.4. The van der Waals surface area contributed by atoms with Crippen molar-refractivity contribution in [3.63, 3.8) is 0 Å². The minimum absolute atomic E-state index is 0.0663. The highest BCUT2D eigenvalue weighted by molar-refractivity contribution is 7.89. The summed E-state index contributed by atoms with van der Waals surface area (Å²) in [6.45, 7) is 5.42. The van der Waals surface area contributed by atoms with Crippen LogP contribution < -0.4 is 5.32 Å². The Morgan fingerprint density at radius 2 is 1.50 bits per heavy atom. The summed E-state index contributed by atoms with van der Waals surface area (Å²) in [7, 11) is -7.37. The van der Waals surface area contributed by atoms with Crippen LogP contribution >= 0.6 is 0 Å². The van der Waals surface area contributed by atoms with Crippen LogP contribution in [0.25, 0.3) is 0 Å². The molecule has 0 spiro atoms. The molecule has 2 saturated heterocycles. The van der Waals surface area contributed by atoms with E-state index in [-0.39, 0.29) is 53.0 Å². The number of nitrogens with zero attached hydrogens (tertiary/aromatic N) is 2. The van der Waals surface area contributed by atoms with Crippen LogP contribution in [0.1, 0.15) is 24.2 Å². The maximum absolute atomic E-state index is 13.0. The van der Waals surface area contributed by atoms with Gasteiger partial charge in [0.15, 0.2) is 5.78 Å². The molecule has 10 nitrogen and oxygen atoms in total. The van der Waals surface area contributed by atoms with E-state index in [9.17, 15) is 21.6 Å². The molecular formula is C24H31N3O7S2. The SMILES string of the molecule is CC1CN(S(=O)(=O)c2ccc(NCC(=O)c3cccc(S(=O)(=O)N4CCOCC4)c3)cc2)CC(C)O1. The molecule has 0 amide bonds. The number of sulfonamides is 2. The second kappa shape index (κ2) is 11.0. The van der Waals surface area contributed by atoms with Crippen molar-refractivity contribution in [2.45, 2.75) is 35.8 Å². The van der Waals surface area contributed by atoms with E-state index < -0.39 is 20.0 Å². The molecule has 2 aromatic rings. The van der Waals surface area contributed by atoms with E-state index in [1.54, 1.807) is 24.3 Å². The summed E-state index contributed by atoms with van der Waals surface area (Å²) >= 11 is 0. The van der Waals surface area contributed by atoms with Gasteiger partial charge in [-0.25, -0.2) is 16.8 Å². The van der Waals surface area contributed by atoms with Gasteiger partial charge in [-0.2, -0.15) is 8.61 Å². The number of morpholine rings is 2. The third-order valence-electron chi connectivity index (χ3n) is 6.10. The van der Waals surface area contributed by atoms with Gasteiger partial charge >= 0.3 is 0 Å². The van der Waals surface area contributed by atoms with Crippen LogP contribution in [0.2, 0.25) is 0 Å². The molecular weight excluding hydrogens is 506 g/mol. The largest absolute Gasteiger partial charge is 0.379 e. The Kier molecular flexibility index (Phi) is 8.12. The van der Waals surface area contributed by atoms with Crippen molar-refractivity contribution in [3.05, 3.63) is 54.1 Å². The van der Waals surface area contributed by atoms with Crippen LogP contribution in [-0.2, 0) is 29.5 Å². The smallest absolute Gasteiger partial charge is 0.243 e. The van der Waals surface area contributed by atoms with Gasteiger partial charge in [0.1, 0.15) is 0 Å². The van der Waals surface area contributed by atoms with E-state index in [0.717, 1.165) is 0 Å². The number of hydrogen-bond donors (Lipinski definition) is 1. The molecule has 2 fully saturated rings. The Morgan fingerprint density at radius 1 is 0.889 bits per heavy atom. The Bertz CT molecular complexity index is 1280. The number of nitrogens with one attached hydrogen (secondary N) is 1. The number of ether oxygens (including phenoxy) is 2. The number of carbonyl (C=O) groups is 1. The molecule has 2 aliphatic rings. The Balaban J connectivity index is 1.40. The van der Waals surface area contributed by atoms with Gasteiger partial charge in [0, 0.05) is 37.4 Å². The molecule has 0 aliphatic carbocycles. The van der Waals surface area contributed by atoms with Crippen LogP contribution in [0.15, 0.2) is 58.3 Å². The normalized spacial score (nSPS) is 22.3. The maximum Gasteiger partial charge on any atom is 0.243 e. The van der Waals surface area contributed by atoms with E-state index in [1.807, 2.05) is 13.8 Å². The lowest BCUT2D eigenvalue weighted by Gasteiger charge is -2.34. The van der Waals surface area contributed by atoms with Crippen molar-refractivity contribution in [2.24, 2.45) is 0 Å². The monoisotopic (exact) mass is 537 g/mol. The second-order valence-electron chi connectivity index (χ2n) is 8.92. The van der Waals surface area contributed by atoms with E-state index in [2.05, 4.69) is 5.32 Å². The number of benzene rings is 2. The van der Waals surface area contributed by atoms with Gasteiger partial charge in [-0.1, -0.05) is 12.1 Å². The zero-order valence-electron chi connectivity index (χ0n) is 20.3. The fraction of sp³-hybridized carbons (Fsp3) is 0.458. The Hall–Kier alpha value is -2.35. The predicted molar refractivity (Wildman–Crippen MR) is 134 cm³/mol. The second-order valence-corrected chi connectivity index (χ2v) is 12.8. The van der Waals surface area contributed by atoms with E-state index >= 15 is 0 Å². The topological polar surface area (TPSA) is 122 Å². The molecule has 2 aliphatic heterocycles. The summed E-state index contributed by atoms with van der Waals surface area (Å²) in [6, 6.07) is 12.2. The van der Waals surface area contributed by atoms with Crippen molar-refractivity contribution < 1.29 is 31.1 Å². The molecule has 12 heteroatoms.